The van der Waals surface area contributed by atoms with E-state index in [9.17, 15) is 0 Å². The molecule has 1 heterocycles. The van der Waals surface area contributed by atoms with Gasteiger partial charge in [0, 0.05) is 19.1 Å². The molecule has 0 saturated carbocycles. The zero-order chi connectivity index (χ0) is 11.8. The van der Waals surface area contributed by atoms with Crippen molar-refractivity contribution in [2.75, 3.05) is 39.6 Å². The van der Waals surface area contributed by atoms with Crippen LogP contribution < -0.4 is 5.32 Å². The zero-order valence-corrected chi connectivity index (χ0v) is 10.9. The second-order valence-electron chi connectivity index (χ2n) is 4.40. The van der Waals surface area contributed by atoms with Gasteiger partial charge in [0.1, 0.15) is 6.79 Å². The molecule has 0 aromatic heterocycles. The molecular formula is C12H26N2O2. The van der Waals surface area contributed by atoms with Gasteiger partial charge in [-0.3, -0.25) is 0 Å². The Labute approximate surface area is 99.3 Å². The summed E-state index contributed by atoms with van der Waals surface area (Å²) < 4.78 is 10.6. The Morgan fingerprint density at radius 1 is 1.38 bits per heavy atom. The normalized spacial score (nSPS) is 23.6. The van der Waals surface area contributed by atoms with Crippen LogP contribution in [0.2, 0.25) is 0 Å². The predicted molar refractivity (Wildman–Crippen MR) is 65.6 cm³/mol. The maximum atomic E-state index is 5.49. The van der Waals surface area contributed by atoms with Crippen molar-refractivity contribution in [3.63, 3.8) is 0 Å². The number of nitrogens with zero attached hydrogens (tertiary/aromatic N) is 1. The first-order valence-corrected chi connectivity index (χ1v) is 6.41. The first-order chi connectivity index (χ1) is 7.76. The number of rotatable bonds is 7. The number of nitrogens with one attached hydrogen (secondary N) is 1. The van der Waals surface area contributed by atoms with Gasteiger partial charge in [0.2, 0.25) is 0 Å². The molecule has 0 amide bonds. The van der Waals surface area contributed by atoms with Gasteiger partial charge < -0.3 is 19.7 Å². The van der Waals surface area contributed by atoms with Crippen molar-refractivity contribution < 1.29 is 9.47 Å². The highest BCUT2D eigenvalue weighted by Crippen LogP contribution is 2.05. The van der Waals surface area contributed by atoms with Crippen molar-refractivity contribution in [3.8, 4) is 0 Å². The first-order valence-electron chi connectivity index (χ1n) is 6.41. The van der Waals surface area contributed by atoms with Crippen LogP contribution in [0.5, 0.6) is 0 Å². The Hall–Kier alpha value is -0.160. The minimum atomic E-state index is 0.327. The molecule has 1 fully saturated rings. The summed E-state index contributed by atoms with van der Waals surface area (Å²) in [5, 5.41) is 3.53. The fourth-order valence-electron chi connectivity index (χ4n) is 1.93. The first kappa shape index (κ1) is 13.9. The van der Waals surface area contributed by atoms with Crippen molar-refractivity contribution in [3.05, 3.63) is 0 Å². The Morgan fingerprint density at radius 2 is 2.12 bits per heavy atom. The molecule has 2 unspecified atom stereocenters. The Kier molecular flexibility index (Phi) is 6.96. The van der Waals surface area contributed by atoms with Gasteiger partial charge in [-0.25, -0.2) is 0 Å². The van der Waals surface area contributed by atoms with Gasteiger partial charge >= 0.3 is 0 Å². The van der Waals surface area contributed by atoms with Crippen LogP contribution in [0, 0.1) is 0 Å². The van der Waals surface area contributed by atoms with Gasteiger partial charge in [0.15, 0.2) is 0 Å². The van der Waals surface area contributed by atoms with E-state index in [1.807, 2.05) is 0 Å². The van der Waals surface area contributed by atoms with Crippen LogP contribution in [-0.2, 0) is 9.47 Å². The van der Waals surface area contributed by atoms with Crippen molar-refractivity contribution in [1.82, 2.24) is 10.2 Å². The molecule has 1 N–H and O–H groups in total. The monoisotopic (exact) mass is 230 g/mol. The summed E-state index contributed by atoms with van der Waals surface area (Å²) in [5.74, 6) is 0. The predicted octanol–water partition coefficient (Wildman–Crippen LogP) is 1.07. The molecule has 16 heavy (non-hydrogen) atoms. The van der Waals surface area contributed by atoms with Crippen LogP contribution in [0.1, 0.15) is 27.2 Å². The molecule has 0 aliphatic carbocycles. The lowest BCUT2D eigenvalue weighted by Crippen LogP contribution is -2.43. The molecule has 0 aromatic rings. The van der Waals surface area contributed by atoms with Crippen molar-refractivity contribution in [2.45, 2.75) is 39.3 Å². The quantitative estimate of drug-likeness (QED) is 0.709. The van der Waals surface area contributed by atoms with Crippen LogP contribution in [0.25, 0.3) is 0 Å². The number of hydrogen-bond donors (Lipinski definition) is 1. The van der Waals surface area contributed by atoms with E-state index in [2.05, 4.69) is 31.0 Å². The molecule has 1 saturated heterocycles. The second kappa shape index (κ2) is 8.01. The summed E-state index contributed by atoms with van der Waals surface area (Å²) >= 11 is 0. The molecule has 4 nitrogen and oxygen atoms in total. The van der Waals surface area contributed by atoms with Crippen molar-refractivity contribution in [1.29, 1.82) is 0 Å². The third-order valence-corrected chi connectivity index (χ3v) is 3.09. The minimum Gasteiger partial charge on any atom is -0.355 e. The van der Waals surface area contributed by atoms with Crippen LogP contribution in [0.4, 0.5) is 0 Å². The van der Waals surface area contributed by atoms with Gasteiger partial charge in [0.05, 0.1) is 12.7 Å². The van der Waals surface area contributed by atoms with E-state index in [1.165, 1.54) is 0 Å². The van der Waals surface area contributed by atoms with E-state index in [1.54, 1.807) is 0 Å². The van der Waals surface area contributed by atoms with Gasteiger partial charge in [0.25, 0.3) is 0 Å². The molecule has 96 valence electrons. The van der Waals surface area contributed by atoms with Gasteiger partial charge in [-0.15, -0.1) is 0 Å². The second-order valence-corrected chi connectivity index (χ2v) is 4.40. The van der Waals surface area contributed by atoms with Crippen molar-refractivity contribution in [2.24, 2.45) is 0 Å². The largest absolute Gasteiger partial charge is 0.355 e. The molecule has 0 bridgehead atoms. The third kappa shape index (κ3) is 5.25. The lowest BCUT2D eigenvalue weighted by Gasteiger charge is -2.27. The van der Waals surface area contributed by atoms with E-state index in [0.717, 1.165) is 39.2 Å². The van der Waals surface area contributed by atoms with E-state index in [0.29, 0.717) is 18.9 Å². The molecule has 2 atom stereocenters. The molecule has 0 aromatic carbocycles. The lowest BCUT2D eigenvalue weighted by atomic mass is 10.2. The topological polar surface area (TPSA) is 33.7 Å². The molecule has 1 aliphatic rings. The van der Waals surface area contributed by atoms with Crippen LogP contribution in [-0.4, -0.2) is 56.6 Å². The number of hydrogen-bond acceptors (Lipinski definition) is 4. The van der Waals surface area contributed by atoms with E-state index < -0.39 is 0 Å². The summed E-state index contributed by atoms with van der Waals surface area (Å²) in [6.45, 7) is 12.2. The maximum Gasteiger partial charge on any atom is 0.147 e. The fourth-order valence-corrected chi connectivity index (χ4v) is 1.93. The highest BCUT2D eigenvalue weighted by Gasteiger charge is 2.15. The zero-order valence-electron chi connectivity index (χ0n) is 10.9. The van der Waals surface area contributed by atoms with E-state index in [4.69, 9.17) is 9.47 Å². The molecule has 0 radical (unpaired) electrons. The van der Waals surface area contributed by atoms with Crippen LogP contribution in [0.15, 0.2) is 0 Å². The molecule has 1 rings (SSSR count). The van der Waals surface area contributed by atoms with E-state index in [-0.39, 0.29) is 0 Å². The summed E-state index contributed by atoms with van der Waals surface area (Å²) in [6, 6.07) is 0.520. The van der Waals surface area contributed by atoms with Gasteiger partial charge in [-0.05, 0) is 26.4 Å². The summed E-state index contributed by atoms with van der Waals surface area (Å²) in [7, 11) is 0. The smallest absolute Gasteiger partial charge is 0.147 e. The minimum absolute atomic E-state index is 0.327. The highest BCUT2D eigenvalue weighted by atomic mass is 16.7. The molecule has 1 aliphatic heterocycles. The molecule has 4 heteroatoms. The average molecular weight is 230 g/mol. The maximum absolute atomic E-state index is 5.49. The van der Waals surface area contributed by atoms with Crippen molar-refractivity contribution >= 4 is 0 Å². The van der Waals surface area contributed by atoms with E-state index >= 15 is 0 Å². The summed E-state index contributed by atoms with van der Waals surface area (Å²) in [5.41, 5.74) is 0. The number of ether oxygens (including phenoxy) is 2. The van der Waals surface area contributed by atoms with Crippen LogP contribution >= 0.6 is 0 Å². The average Bonchev–Trinajstić information content (AvgIpc) is 2.34. The van der Waals surface area contributed by atoms with Gasteiger partial charge in [-0.2, -0.15) is 0 Å². The molecular weight excluding hydrogens is 204 g/mol. The Bertz CT molecular complexity index is 168. The SMILES string of the molecule is CCN(CC)CC(C)NCC1CCOCO1. The standard InChI is InChI=1S/C12H26N2O2/c1-4-14(5-2)9-11(3)13-8-12-6-7-15-10-16-12/h11-13H,4-10H2,1-3H3. The Balaban J connectivity index is 2.10. The Morgan fingerprint density at radius 3 is 2.69 bits per heavy atom. The fraction of sp³-hybridized carbons (Fsp3) is 1.00. The third-order valence-electron chi connectivity index (χ3n) is 3.09. The summed E-state index contributed by atoms with van der Waals surface area (Å²) in [6.07, 6.45) is 1.33. The van der Waals surface area contributed by atoms with Crippen LogP contribution in [0.3, 0.4) is 0 Å². The lowest BCUT2D eigenvalue weighted by molar-refractivity contribution is -0.137. The highest BCUT2D eigenvalue weighted by molar-refractivity contribution is 4.70. The summed E-state index contributed by atoms with van der Waals surface area (Å²) in [4.78, 5) is 2.43. The molecule has 0 spiro atoms. The number of likely N-dealkylation sites (N-methyl/N-ethyl adjacent to an activating group) is 1. The van der Waals surface area contributed by atoms with Gasteiger partial charge in [-0.1, -0.05) is 13.8 Å².